The molecule has 0 heterocycles. The SMILES string of the molecule is Oc1ccc(-c2ccccc2)cc1.[Zn]. The molecule has 0 atom stereocenters. The van der Waals surface area contributed by atoms with E-state index in [0.717, 1.165) is 5.56 Å². The van der Waals surface area contributed by atoms with Crippen molar-refractivity contribution in [1.29, 1.82) is 0 Å². The molecule has 0 aliphatic carbocycles. The van der Waals surface area contributed by atoms with Crippen molar-refractivity contribution in [2.75, 3.05) is 0 Å². The van der Waals surface area contributed by atoms with Crippen LogP contribution >= 0.6 is 0 Å². The molecule has 1 nitrogen and oxygen atoms in total. The van der Waals surface area contributed by atoms with E-state index in [1.165, 1.54) is 5.56 Å². The van der Waals surface area contributed by atoms with Crippen LogP contribution in [0.4, 0.5) is 0 Å². The van der Waals surface area contributed by atoms with Crippen molar-refractivity contribution >= 4 is 0 Å². The zero-order chi connectivity index (χ0) is 9.10. The minimum atomic E-state index is 0. The summed E-state index contributed by atoms with van der Waals surface area (Å²) in [6.07, 6.45) is 0. The van der Waals surface area contributed by atoms with E-state index in [2.05, 4.69) is 0 Å². The Kier molecular flexibility index (Phi) is 3.85. The second-order valence-electron chi connectivity index (χ2n) is 2.91. The Morgan fingerprint density at radius 1 is 0.643 bits per heavy atom. The molecule has 14 heavy (non-hydrogen) atoms. The summed E-state index contributed by atoms with van der Waals surface area (Å²) < 4.78 is 0. The zero-order valence-corrected chi connectivity index (χ0v) is 10.8. The van der Waals surface area contributed by atoms with E-state index >= 15 is 0 Å². The number of hydrogen-bond donors (Lipinski definition) is 1. The van der Waals surface area contributed by atoms with Crippen LogP contribution in [0, 0.1) is 0 Å². The Morgan fingerprint density at radius 2 is 1.14 bits per heavy atom. The van der Waals surface area contributed by atoms with E-state index in [1.807, 2.05) is 42.5 Å². The van der Waals surface area contributed by atoms with Gasteiger partial charge in [0.1, 0.15) is 5.75 Å². The van der Waals surface area contributed by atoms with Crippen LogP contribution in [0.5, 0.6) is 5.75 Å². The first-order valence-electron chi connectivity index (χ1n) is 4.21. The second kappa shape index (κ2) is 4.92. The number of hydrogen-bond acceptors (Lipinski definition) is 1. The molecule has 0 saturated carbocycles. The molecule has 0 amide bonds. The molecule has 0 unspecified atom stereocenters. The predicted octanol–water partition coefficient (Wildman–Crippen LogP) is 3.06. The maximum atomic E-state index is 9.10. The van der Waals surface area contributed by atoms with Gasteiger partial charge in [0.2, 0.25) is 0 Å². The van der Waals surface area contributed by atoms with Crippen LogP contribution < -0.4 is 0 Å². The molecular formula is C12H10OZn. The fourth-order valence-electron chi connectivity index (χ4n) is 1.28. The second-order valence-corrected chi connectivity index (χ2v) is 2.91. The standard InChI is InChI=1S/C12H10O.Zn/c13-12-8-6-11(7-9-12)10-4-2-1-3-5-10;/h1-9,13H;. The summed E-state index contributed by atoms with van der Waals surface area (Å²) in [5.41, 5.74) is 2.29. The van der Waals surface area contributed by atoms with Crippen LogP contribution in [-0.4, -0.2) is 5.11 Å². The summed E-state index contributed by atoms with van der Waals surface area (Å²) in [6.45, 7) is 0. The van der Waals surface area contributed by atoms with Crippen molar-refractivity contribution in [1.82, 2.24) is 0 Å². The summed E-state index contributed by atoms with van der Waals surface area (Å²) in [7, 11) is 0. The number of phenolic OH excluding ortho intramolecular Hbond substituents is 1. The van der Waals surface area contributed by atoms with Gasteiger partial charge in [-0.15, -0.1) is 0 Å². The van der Waals surface area contributed by atoms with Crippen LogP contribution in [0.1, 0.15) is 0 Å². The first-order chi connectivity index (χ1) is 6.36. The average molecular weight is 236 g/mol. The van der Waals surface area contributed by atoms with Crippen molar-refractivity contribution in [3.63, 3.8) is 0 Å². The normalized spacial score (nSPS) is 9.14. The van der Waals surface area contributed by atoms with Crippen LogP contribution in [0.2, 0.25) is 0 Å². The van der Waals surface area contributed by atoms with Gasteiger partial charge in [-0.05, 0) is 23.3 Å². The third kappa shape index (κ3) is 2.43. The van der Waals surface area contributed by atoms with Crippen LogP contribution in [-0.2, 0) is 19.5 Å². The van der Waals surface area contributed by atoms with Crippen molar-refractivity contribution in [3.05, 3.63) is 54.6 Å². The van der Waals surface area contributed by atoms with Crippen molar-refractivity contribution in [2.24, 2.45) is 0 Å². The molecule has 0 saturated heterocycles. The molecule has 0 spiro atoms. The van der Waals surface area contributed by atoms with Gasteiger partial charge in [0.15, 0.2) is 0 Å². The van der Waals surface area contributed by atoms with Crippen molar-refractivity contribution in [3.8, 4) is 16.9 Å². The molecule has 2 aromatic carbocycles. The molecule has 0 aliphatic heterocycles. The minimum absolute atomic E-state index is 0. The van der Waals surface area contributed by atoms with Gasteiger partial charge < -0.3 is 5.11 Å². The third-order valence-corrected chi connectivity index (χ3v) is 1.97. The Labute approximate surface area is 96.2 Å². The van der Waals surface area contributed by atoms with Gasteiger partial charge in [-0.25, -0.2) is 0 Å². The average Bonchev–Trinajstić information content (AvgIpc) is 2.20. The van der Waals surface area contributed by atoms with E-state index in [1.54, 1.807) is 12.1 Å². The Bertz CT molecular complexity index is 381. The largest absolute Gasteiger partial charge is 0.508 e. The molecular weight excluding hydrogens is 226 g/mol. The number of benzene rings is 2. The topological polar surface area (TPSA) is 20.2 Å². The summed E-state index contributed by atoms with van der Waals surface area (Å²) in [6, 6.07) is 17.3. The number of rotatable bonds is 1. The van der Waals surface area contributed by atoms with E-state index in [9.17, 15) is 0 Å². The molecule has 66 valence electrons. The van der Waals surface area contributed by atoms with Crippen LogP contribution in [0.3, 0.4) is 0 Å². The third-order valence-electron chi connectivity index (χ3n) is 1.97. The molecule has 0 fully saturated rings. The minimum Gasteiger partial charge on any atom is -0.508 e. The Morgan fingerprint density at radius 3 is 1.71 bits per heavy atom. The first-order valence-corrected chi connectivity index (χ1v) is 4.21. The van der Waals surface area contributed by atoms with Gasteiger partial charge >= 0.3 is 0 Å². The van der Waals surface area contributed by atoms with E-state index in [-0.39, 0.29) is 19.5 Å². The van der Waals surface area contributed by atoms with E-state index in [0.29, 0.717) is 5.75 Å². The molecule has 2 rings (SSSR count). The van der Waals surface area contributed by atoms with E-state index < -0.39 is 0 Å². The number of phenols is 1. The molecule has 0 radical (unpaired) electrons. The van der Waals surface area contributed by atoms with Gasteiger partial charge in [-0.2, -0.15) is 0 Å². The van der Waals surface area contributed by atoms with Crippen LogP contribution in [0.25, 0.3) is 11.1 Å². The van der Waals surface area contributed by atoms with Gasteiger partial charge in [0, 0.05) is 19.5 Å². The maximum absolute atomic E-state index is 9.10. The zero-order valence-electron chi connectivity index (χ0n) is 7.85. The summed E-state index contributed by atoms with van der Waals surface area (Å²) >= 11 is 0. The summed E-state index contributed by atoms with van der Waals surface area (Å²) in [4.78, 5) is 0. The fourth-order valence-corrected chi connectivity index (χ4v) is 1.28. The van der Waals surface area contributed by atoms with Gasteiger partial charge in [0.05, 0.1) is 0 Å². The van der Waals surface area contributed by atoms with Gasteiger partial charge in [0.25, 0.3) is 0 Å². The van der Waals surface area contributed by atoms with Gasteiger partial charge in [-0.1, -0.05) is 42.5 Å². The Balaban J connectivity index is 0.000000980. The van der Waals surface area contributed by atoms with E-state index in [4.69, 9.17) is 5.11 Å². The maximum Gasteiger partial charge on any atom is 0.115 e. The molecule has 0 bridgehead atoms. The van der Waals surface area contributed by atoms with Crippen molar-refractivity contribution in [2.45, 2.75) is 0 Å². The van der Waals surface area contributed by atoms with Crippen molar-refractivity contribution < 1.29 is 24.6 Å². The molecule has 0 aliphatic rings. The Hall–Kier alpha value is -1.14. The van der Waals surface area contributed by atoms with Crippen LogP contribution in [0.15, 0.2) is 54.6 Å². The molecule has 2 heteroatoms. The fraction of sp³-hybridized carbons (Fsp3) is 0. The summed E-state index contributed by atoms with van der Waals surface area (Å²) in [5, 5.41) is 9.10. The quantitative estimate of drug-likeness (QED) is 0.754. The smallest absolute Gasteiger partial charge is 0.115 e. The molecule has 2 aromatic rings. The predicted molar refractivity (Wildman–Crippen MR) is 53.5 cm³/mol. The molecule has 0 aromatic heterocycles. The molecule has 1 N–H and O–H groups in total. The van der Waals surface area contributed by atoms with Gasteiger partial charge in [-0.3, -0.25) is 0 Å². The number of aromatic hydroxyl groups is 1. The first kappa shape index (κ1) is 10.9. The summed E-state index contributed by atoms with van der Waals surface area (Å²) in [5.74, 6) is 0.305. The monoisotopic (exact) mass is 234 g/mol.